The summed E-state index contributed by atoms with van der Waals surface area (Å²) in [7, 11) is -2.72. The van der Waals surface area contributed by atoms with Crippen molar-refractivity contribution in [1.82, 2.24) is 19.7 Å². The van der Waals surface area contributed by atoms with Gasteiger partial charge in [-0.15, -0.1) is 5.10 Å². The summed E-state index contributed by atoms with van der Waals surface area (Å²) in [5, 5.41) is 6.55. The van der Waals surface area contributed by atoms with E-state index in [9.17, 15) is 17.2 Å². The Bertz CT molecular complexity index is 504. The maximum absolute atomic E-state index is 13.2. The lowest BCUT2D eigenvalue weighted by Gasteiger charge is -2.31. The largest absolute Gasteiger partial charge is 0.263 e. The molecule has 1 N–H and O–H groups in total. The normalized spacial score (nSPS) is 14.0. The molecule has 1 rings (SSSR count). The third kappa shape index (κ3) is 2.78. The molecule has 1 heterocycles. The van der Waals surface area contributed by atoms with Crippen molar-refractivity contribution in [1.29, 1.82) is 0 Å². The highest BCUT2D eigenvalue weighted by molar-refractivity contribution is 7.89. The monoisotopic (exact) mass is 268 g/mol. The van der Waals surface area contributed by atoms with Crippen LogP contribution in [0, 0.1) is 0 Å². The molecule has 0 saturated heterocycles. The molecule has 6 nitrogen and oxygen atoms in total. The lowest BCUT2D eigenvalue weighted by Crippen LogP contribution is -2.54. The van der Waals surface area contributed by atoms with E-state index in [0.29, 0.717) is 6.92 Å². The van der Waals surface area contributed by atoms with Crippen molar-refractivity contribution in [2.45, 2.75) is 37.3 Å². The average Bonchev–Trinajstić information content (AvgIpc) is 2.47. The summed E-state index contributed by atoms with van der Waals surface area (Å²) < 4.78 is 53.0. The molecule has 0 spiro atoms. The zero-order valence-electron chi connectivity index (χ0n) is 9.90. The van der Waals surface area contributed by atoms with Gasteiger partial charge in [0.2, 0.25) is 0 Å². The fourth-order valence-corrected chi connectivity index (χ4v) is 2.53. The molecule has 0 radical (unpaired) electrons. The van der Waals surface area contributed by atoms with E-state index in [1.54, 1.807) is 0 Å². The van der Waals surface area contributed by atoms with Crippen LogP contribution in [0.15, 0.2) is 11.2 Å². The highest BCUT2D eigenvalue weighted by Crippen LogP contribution is 2.28. The molecular weight excluding hydrogens is 254 g/mol. The molecule has 0 bridgehead atoms. The number of hydrogen-bond acceptors (Lipinski definition) is 4. The van der Waals surface area contributed by atoms with Gasteiger partial charge in [0.1, 0.15) is 0 Å². The summed E-state index contributed by atoms with van der Waals surface area (Å²) in [5.41, 5.74) is -1.91. The first kappa shape index (κ1) is 14.0. The maximum Gasteiger partial charge on any atom is 0.263 e. The number of aromatic nitrogens is 3. The lowest BCUT2D eigenvalue weighted by atomic mass is 10.00. The van der Waals surface area contributed by atoms with Gasteiger partial charge in [0.25, 0.3) is 15.9 Å². The summed E-state index contributed by atoms with van der Waals surface area (Å²) >= 11 is 0. The molecule has 1 aromatic rings. The van der Waals surface area contributed by atoms with Crippen LogP contribution in [-0.2, 0) is 17.1 Å². The van der Waals surface area contributed by atoms with Crippen LogP contribution >= 0.6 is 0 Å². The first-order chi connectivity index (χ1) is 7.47. The van der Waals surface area contributed by atoms with Crippen molar-refractivity contribution in [3.05, 3.63) is 6.20 Å². The molecule has 9 heteroatoms. The van der Waals surface area contributed by atoms with Gasteiger partial charge in [-0.3, -0.25) is 0 Å². The van der Waals surface area contributed by atoms with Crippen LogP contribution in [-0.4, -0.2) is 34.9 Å². The van der Waals surface area contributed by atoms with Crippen molar-refractivity contribution in [2.75, 3.05) is 0 Å². The quantitative estimate of drug-likeness (QED) is 0.864. The summed E-state index contributed by atoms with van der Waals surface area (Å²) in [4.78, 5) is 0. The van der Waals surface area contributed by atoms with Crippen molar-refractivity contribution in [3.63, 3.8) is 0 Å². The molecule has 17 heavy (non-hydrogen) atoms. The Morgan fingerprint density at radius 2 is 1.88 bits per heavy atom. The van der Waals surface area contributed by atoms with Crippen LogP contribution in [0.5, 0.6) is 0 Å². The summed E-state index contributed by atoms with van der Waals surface area (Å²) in [6, 6.07) is 0. The van der Waals surface area contributed by atoms with E-state index in [2.05, 4.69) is 10.3 Å². The highest BCUT2D eigenvalue weighted by Gasteiger charge is 2.45. The van der Waals surface area contributed by atoms with E-state index >= 15 is 0 Å². The Hall–Kier alpha value is -1.09. The minimum atomic E-state index is -4.08. The van der Waals surface area contributed by atoms with Crippen molar-refractivity contribution in [3.8, 4) is 0 Å². The molecule has 0 aliphatic heterocycles. The number of alkyl halides is 2. The third-order valence-electron chi connectivity index (χ3n) is 2.44. The fourth-order valence-electron chi connectivity index (χ4n) is 1.00. The van der Waals surface area contributed by atoms with Crippen LogP contribution in [0.25, 0.3) is 0 Å². The first-order valence-corrected chi connectivity index (χ1v) is 6.22. The number of sulfonamides is 1. The van der Waals surface area contributed by atoms with Gasteiger partial charge in [-0.1, -0.05) is 5.21 Å². The second kappa shape index (κ2) is 3.98. The van der Waals surface area contributed by atoms with Gasteiger partial charge in [0.05, 0.1) is 11.7 Å². The molecule has 0 saturated carbocycles. The SMILES string of the molecule is Cn1nncc1S(=O)(=O)NC(C)(C)C(C)(F)F. The van der Waals surface area contributed by atoms with E-state index in [-0.39, 0.29) is 5.03 Å². The van der Waals surface area contributed by atoms with E-state index in [1.807, 2.05) is 4.72 Å². The van der Waals surface area contributed by atoms with E-state index in [4.69, 9.17) is 0 Å². The van der Waals surface area contributed by atoms with Gasteiger partial charge < -0.3 is 0 Å². The molecule has 0 atom stereocenters. The number of nitrogens with zero attached hydrogens (tertiary/aromatic N) is 3. The fraction of sp³-hybridized carbons (Fsp3) is 0.750. The number of rotatable bonds is 4. The predicted molar refractivity (Wildman–Crippen MR) is 56.0 cm³/mol. The molecule has 98 valence electrons. The zero-order valence-corrected chi connectivity index (χ0v) is 10.7. The summed E-state index contributed by atoms with van der Waals surface area (Å²) in [6.07, 6.45) is 0.992. The molecule has 0 unspecified atom stereocenters. The smallest absolute Gasteiger partial charge is 0.236 e. The molecule has 0 fully saturated rings. The Morgan fingerprint density at radius 3 is 2.24 bits per heavy atom. The van der Waals surface area contributed by atoms with Gasteiger partial charge in [-0.25, -0.2) is 21.9 Å². The van der Waals surface area contributed by atoms with Crippen LogP contribution in [0.1, 0.15) is 20.8 Å². The Labute approximate surface area is 98.1 Å². The van der Waals surface area contributed by atoms with Crippen LogP contribution in [0.3, 0.4) is 0 Å². The minimum absolute atomic E-state index is 0.269. The average molecular weight is 268 g/mol. The third-order valence-corrected chi connectivity index (χ3v) is 4.13. The Morgan fingerprint density at radius 1 is 1.35 bits per heavy atom. The second-order valence-corrected chi connectivity index (χ2v) is 5.94. The lowest BCUT2D eigenvalue weighted by molar-refractivity contribution is -0.0488. The van der Waals surface area contributed by atoms with Gasteiger partial charge in [-0.2, -0.15) is 4.72 Å². The van der Waals surface area contributed by atoms with Crippen LogP contribution < -0.4 is 4.72 Å². The first-order valence-electron chi connectivity index (χ1n) is 4.74. The predicted octanol–water partition coefficient (Wildman–Crippen LogP) is 0.527. The van der Waals surface area contributed by atoms with Crippen LogP contribution in [0.4, 0.5) is 8.78 Å². The maximum atomic E-state index is 13.2. The van der Waals surface area contributed by atoms with E-state index in [0.717, 1.165) is 24.7 Å². The Balaban J connectivity index is 3.08. The van der Waals surface area contributed by atoms with Gasteiger partial charge in [0, 0.05) is 14.0 Å². The number of hydrogen-bond donors (Lipinski definition) is 1. The Kier molecular flexibility index (Phi) is 3.27. The molecule has 0 amide bonds. The number of halogens is 2. The topological polar surface area (TPSA) is 76.9 Å². The van der Waals surface area contributed by atoms with Gasteiger partial charge in [0.15, 0.2) is 5.03 Å². The molecule has 0 aromatic carbocycles. The zero-order chi connectivity index (χ0) is 13.5. The number of nitrogens with one attached hydrogen (secondary N) is 1. The van der Waals surface area contributed by atoms with Crippen molar-refractivity contribution < 1.29 is 17.2 Å². The summed E-state index contributed by atoms with van der Waals surface area (Å²) in [5.74, 6) is -3.20. The van der Waals surface area contributed by atoms with Crippen molar-refractivity contribution >= 4 is 10.0 Å². The van der Waals surface area contributed by atoms with Crippen molar-refractivity contribution in [2.24, 2.45) is 7.05 Å². The minimum Gasteiger partial charge on any atom is -0.236 e. The highest BCUT2D eigenvalue weighted by atomic mass is 32.2. The number of aryl methyl sites for hydroxylation is 1. The molecule has 0 aliphatic carbocycles. The standard InChI is InChI=1S/C8H14F2N4O2S/c1-7(2,8(3,9)10)12-17(15,16)6-5-11-13-14(6)4/h5,12H,1-4H3. The van der Waals surface area contributed by atoms with Gasteiger partial charge in [-0.05, 0) is 13.8 Å². The van der Waals surface area contributed by atoms with Gasteiger partial charge >= 0.3 is 0 Å². The molecular formula is C8H14F2N4O2S. The molecule has 0 aliphatic rings. The van der Waals surface area contributed by atoms with Crippen LogP contribution in [0.2, 0.25) is 0 Å². The second-order valence-electron chi connectivity index (χ2n) is 4.31. The summed E-state index contributed by atoms with van der Waals surface area (Å²) in [6.45, 7) is 2.86. The van der Waals surface area contributed by atoms with E-state index < -0.39 is 21.5 Å². The molecule has 1 aromatic heterocycles. The van der Waals surface area contributed by atoms with E-state index in [1.165, 1.54) is 7.05 Å².